The van der Waals surface area contributed by atoms with Crippen LogP contribution >= 0.6 is 11.6 Å². The van der Waals surface area contributed by atoms with Crippen LogP contribution in [0.5, 0.6) is 5.75 Å². The summed E-state index contributed by atoms with van der Waals surface area (Å²) in [5, 5.41) is 7.29. The fourth-order valence-corrected chi connectivity index (χ4v) is 2.69. The van der Waals surface area contributed by atoms with Gasteiger partial charge in [-0.3, -0.25) is 0 Å². The Hall–Kier alpha value is -2.79. The molecule has 0 radical (unpaired) electrons. The maximum atomic E-state index is 6.00. The van der Waals surface area contributed by atoms with Gasteiger partial charge in [-0.05, 0) is 36.8 Å². The van der Waals surface area contributed by atoms with Crippen LogP contribution in [-0.4, -0.2) is 17.1 Å². The molecular weight excluding hydrogens is 336 g/mol. The van der Waals surface area contributed by atoms with Crippen molar-refractivity contribution in [3.8, 4) is 5.75 Å². The molecular formula is C19H19ClN4O. The molecule has 0 bridgehead atoms. The van der Waals surface area contributed by atoms with E-state index in [1.807, 2.05) is 55.5 Å². The second kappa shape index (κ2) is 7.85. The number of benzene rings is 2. The number of nitrogens with zero attached hydrogens (tertiary/aromatic N) is 2. The molecule has 0 unspecified atom stereocenters. The molecule has 0 aliphatic rings. The molecule has 0 amide bonds. The lowest BCUT2D eigenvalue weighted by Crippen LogP contribution is -2.04. The molecule has 3 aromatic rings. The van der Waals surface area contributed by atoms with Gasteiger partial charge in [-0.2, -0.15) is 0 Å². The summed E-state index contributed by atoms with van der Waals surface area (Å²) in [5.74, 6) is 2.29. The molecule has 5 nitrogen and oxygen atoms in total. The first-order valence-electron chi connectivity index (χ1n) is 7.86. The van der Waals surface area contributed by atoms with E-state index in [4.69, 9.17) is 16.3 Å². The van der Waals surface area contributed by atoms with Crippen molar-refractivity contribution in [1.82, 2.24) is 9.97 Å². The first-order valence-corrected chi connectivity index (χ1v) is 8.24. The largest absolute Gasteiger partial charge is 0.496 e. The van der Waals surface area contributed by atoms with Gasteiger partial charge >= 0.3 is 0 Å². The SMILES string of the molecule is COc1ccccc1CNc1cc(Nc2ccc(Cl)cc2C)ncn1. The summed E-state index contributed by atoms with van der Waals surface area (Å²) in [7, 11) is 1.67. The van der Waals surface area contributed by atoms with E-state index in [-0.39, 0.29) is 0 Å². The third-order valence-electron chi connectivity index (χ3n) is 3.77. The van der Waals surface area contributed by atoms with Crippen LogP contribution in [0.4, 0.5) is 17.3 Å². The Kier molecular flexibility index (Phi) is 5.36. The Balaban J connectivity index is 1.71. The van der Waals surface area contributed by atoms with Gasteiger partial charge in [-0.1, -0.05) is 29.8 Å². The summed E-state index contributed by atoms with van der Waals surface area (Å²) in [4.78, 5) is 8.53. The van der Waals surface area contributed by atoms with Crippen molar-refractivity contribution >= 4 is 28.9 Å². The number of ether oxygens (including phenoxy) is 1. The molecule has 0 aliphatic carbocycles. The highest BCUT2D eigenvalue weighted by atomic mass is 35.5. The molecule has 1 heterocycles. The van der Waals surface area contributed by atoms with Gasteiger partial charge in [0.25, 0.3) is 0 Å². The topological polar surface area (TPSA) is 59.1 Å². The average molecular weight is 355 g/mol. The summed E-state index contributed by atoms with van der Waals surface area (Å²) in [6, 6.07) is 15.4. The molecule has 2 aromatic carbocycles. The zero-order valence-electron chi connectivity index (χ0n) is 14.1. The summed E-state index contributed by atoms with van der Waals surface area (Å²) < 4.78 is 5.36. The van der Waals surface area contributed by atoms with E-state index < -0.39 is 0 Å². The fourth-order valence-electron chi connectivity index (χ4n) is 2.46. The molecule has 0 fully saturated rings. The van der Waals surface area contributed by atoms with Crippen LogP contribution in [0.15, 0.2) is 54.9 Å². The van der Waals surface area contributed by atoms with Gasteiger partial charge in [-0.25, -0.2) is 9.97 Å². The van der Waals surface area contributed by atoms with Crippen LogP contribution in [0.25, 0.3) is 0 Å². The highest BCUT2D eigenvalue weighted by molar-refractivity contribution is 6.30. The van der Waals surface area contributed by atoms with Crippen molar-refractivity contribution in [1.29, 1.82) is 0 Å². The van der Waals surface area contributed by atoms with Gasteiger partial charge in [0.05, 0.1) is 7.11 Å². The van der Waals surface area contributed by atoms with Crippen molar-refractivity contribution in [2.24, 2.45) is 0 Å². The number of anilines is 3. The second-order valence-electron chi connectivity index (χ2n) is 5.54. The normalized spacial score (nSPS) is 10.4. The quantitative estimate of drug-likeness (QED) is 0.665. The minimum atomic E-state index is 0.612. The Morgan fingerprint density at radius 3 is 2.64 bits per heavy atom. The molecule has 0 atom stereocenters. The summed E-state index contributed by atoms with van der Waals surface area (Å²) in [5.41, 5.74) is 3.07. The molecule has 2 N–H and O–H groups in total. The minimum absolute atomic E-state index is 0.612. The van der Waals surface area contributed by atoms with E-state index in [9.17, 15) is 0 Å². The Morgan fingerprint density at radius 1 is 1.04 bits per heavy atom. The van der Waals surface area contributed by atoms with Gasteiger partial charge < -0.3 is 15.4 Å². The number of hydrogen-bond donors (Lipinski definition) is 2. The number of methoxy groups -OCH3 is 1. The van der Waals surface area contributed by atoms with Crippen LogP contribution in [0.1, 0.15) is 11.1 Å². The highest BCUT2D eigenvalue weighted by Crippen LogP contribution is 2.24. The Bertz CT molecular complexity index is 870. The number of aromatic nitrogens is 2. The number of hydrogen-bond acceptors (Lipinski definition) is 5. The van der Waals surface area contributed by atoms with Crippen LogP contribution in [0.2, 0.25) is 5.02 Å². The maximum Gasteiger partial charge on any atom is 0.135 e. The monoisotopic (exact) mass is 354 g/mol. The predicted octanol–water partition coefficient (Wildman–Crippen LogP) is 4.80. The number of para-hydroxylation sites is 1. The molecule has 0 spiro atoms. The van der Waals surface area contributed by atoms with Gasteiger partial charge in [0, 0.05) is 28.9 Å². The Labute approximate surface area is 152 Å². The zero-order valence-corrected chi connectivity index (χ0v) is 14.8. The molecule has 0 saturated carbocycles. The van der Waals surface area contributed by atoms with Crippen molar-refractivity contribution in [3.63, 3.8) is 0 Å². The lowest BCUT2D eigenvalue weighted by Gasteiger charge is -2.12. The molecule has 3 rings (SSSR count). The average Bonchev–Trinajstić information content (AvgIpc) is 2.63. The number of aryl methyl sites for hydroxylation is 1. The lowest BCUT2D eigenvalue weighted by atomic mass is 10.2. The van der Waals surface area contributed by atoms with Gasteiger partial charge in [0.15, 0.2) is 0 Å². The van der Waals surface area contributed by atoms with E-state index in [0.29, 0.717) is 17.4 Å². The van der Waals surface area contributed by atoms with Gasteiger partial charge in [0.1, 0.15) is 23.7 Å². The Morgan fingerprint density at radius 2 is 1.84 bits per heavy atom. The van der Waals surface area contributed by atoms with Crippen molar-refractivity contribution in [3.05, 3.63) is 71.0 Å². The summed E-state index contributed by atoms with van der Waals surface area (Å²) >= 11 is 6.00. The summed E-state index contributed by atoms with van der Waals surface area (Å²) in [6.07, 6.45) is 1.53. The van der Waals surface area contributed by atoms with E-state index in [1.165, 1.54) is 6.33 Å². The first kappa shape index (κ1) is 17.0. The van der Waals surface area contributed by atoms with Crippen molar-refractivity contribution in [2.45, 2.75) is 13.5 Å². The van der Waals surface area contributed by atoms with Gasteiger partial charge in [-0.15, -0.1) is 0 Å². The molecule has 0 saturated heterocycles. The highest BCUT2D eigenvalue weighted by Gasteiger charge is 2.05. The third kappa shape index (κ3) is 4.39. The number of rotatable bonds is 6. The standard InChI is InChI=1S/C19H19ClN4O/c1-13-9-15(20)7-8-16(13)24-19-10-18(22-12-23-19)21-11-14-5-3-4-6-17(14)25-2/h3-10,12H,11H2,1-2H3,(H2,21,22,23,24). The smallest absolute Gasteiger partial charge is 0.135 e. The second-order valence-corrected chi connectivity index (χ2v) is 5.97. The molecule has 25 heavy (non-hydrogen) atoms. The molecule has 0 aliphatic heterocycles. The van der Waals surface area contributed by atoms with Gasteiger partial charge in [0.2, 0.25) is 0 Å². The van der Waals surface area contributed by atoms with Crippen LogP contribution in [0.3, 0.4) is 0 Å². The van der Waals surface area contributed by atoms with E-state index in [0.717, 1.165) is 28.4 Å². The van der Waals surface area contributed by atoms with Crippen LogP contribution in [0, 0.1) is 6.92 Å². The zero-order chi connectivity index (χ0) is 17.6. The molecule has 6 heteroatoms. The minimum Gasteiger partial charge on any atom is -0.496 e. The summed E-state index contributed by atoms with van der Waals surface area (Å²) in [6.45, 7) is 2.61. The molecule has 128 valence electrons. The molecule has 1 aromatic heterocycles. The number of nitrogens with one attached hydrogen (secondary N) is 2. The van der Waals surface area contributed by atoms with Crippen LogP contribution in [-0.2, 0) is 6.54 Å². The predicted molar refractivity (Wildman–Crippen MR) is 102 cm³/mol. The maximum absolute atomic E-state index is 6.00. The third-order valence-corrected chi connectivity index (χ3v) is 4.01. The van der Waals surface area contributed by atoms with Crippen molar-refractivity contribution in [2.75, 3.05) is 17.7 Å². The lowest BCUT2D eigenvalue weighted by molar-refractivity contribution is 0.410. The van der Waals surface area contributed by atoms with Crippen molar-refractivity contribution < 1.29 is 4.74 Å². The van der Waals surface area contributed by atoms with E-state index in [2.05, 4.69) is 20.6 Å². The van der Waals surface area contributed by atoms with E-state index >= 15 is 0 Å². The number of halogens is 1. The van der Waals surface area contributed by atoms with E-state index in [1.54, 1.807) is 7.11 Å². The fraction of sp³-hybridized carbons (Fsp3) is 0.158. The van der Waals surface area contributed by atoms with Crippen LogP contribution < -0.4 is 15.4 Å². The first-order chi connectivity index (χ1) is 12.2.